The number of benzene rings is 4. The minimum atomic E-state index is -4.24. The van der Waals surface area contributed by atoms with Gasteiger partial charge in [-0.05, 0) is 67.6 Å². The molecule has 0 fully saturated rings. The Balaban J connectivity index is 1.82. The second-order valence-electron chi connectivity index (χ2n) is 10.4. The van der Waals surface area contributed by atoms with Crippen molar-refractivity contribution in [3.05, 3.63) is 120 Å². The van der Waals surface area contributed by atoms with Gasteiger partial charge in [0.05, 0.1) is 17.2 Å². The lowest BCUT2D eigenvalue weighted by Crippen LogP contribution is -2.53. The van der Waals surface area contributed by atoms with Gasteiger partial charge >= 0.3 is 0 Å². The van der Waals surface area contributed by atoms with Gasteiger partial charge in [0.1, 0.15) is 18.3 Å². The van der Waals surface area contributed by atoms with Crippen LogP contribution in [0.3, 0.4) is 0 Å². The molecule has 0 aliphatic carbocycles. The number of rotatable bonds is 14. The number of nitrogens with one attached hydrogen (secondary N) is 1. The van der Waals surface area contributed by atoms with Crippen molar-refractivity contribution in [2.75, 3.05) is 30.8 Å². The zero-order chi connectivity index (χ0) is 32.4. The normalized spacial score (nSPS) is 11.8. The van der Waals surface area contributed by atoms with E-state index in [1.807, 2.05) is 74.7 Å². The van der Waals surface area contributed by atoms with E-state index < -0.39 is 28.5 Å². The lowest BCUT2D eigenvalue weighted by atomic mass is 10.0. The summed E-state index contributed by atoms with van der Waals surface area (Å²) in [6, 6.07) is 29.5. The van der Waals surface area contributed by atoms with Gasteiger partial charge in [0.2, 0.25) is 11.8 Å². The van der Waals surface area contributed by atoms with E-state index in [0.717, 1.165) is 25.9 Å². The first-order chi connectivity index (χ1) is 21.7. The van der Waals surface area contributed by atoms with Crippen molar-refractivity contribution in [1.82, 2.24) is 10.2 Å². The highest BCUT2D eigenvalue weighted by Gasteiger charge is 2.35. The highest BCUT2D eigenvalue weighted by Crippen LogP contribution is 2.33. The Labute approximate surface area is 270 Å². The van der Waals surface area contributed by atoms with Gasteiger partial charge in [-0.3, -0.25) is 13.9 Å². The van der Waals surface area contributed by atoms with E-state index in [-0.39, 0.29) is 29.5 Å². The number of amides is 2. The maximum atomic E-state index is 14.5. The summed E-state index contributed by atoms with van der Waals surface area (Å²) in [7, 11) is -2.71. The fourth-order valence-electron chi connectivity index (χ4n) is 4.94. The molecule has 2 amide bonds. The molecule has 4 aromatic rings. The largest absolute Gasteiger partial charge is 0.492 e. The molecule has 236 valence electrons. The average molecular weight is 646 g/mol. The fourth-order valence-corrected chi connectivity index (χ4v) is 6.77. The number of nitrogens with zero attached hydrogens (tertiary/aromatic N) is 2. The molecule has 0 radical (unpaired) electrons. The number of anilines is 1. The minimum Gasteiger partial charge on any atom is -0.492 e. The molecule has 0 saturated heterocycles. The van der Waals surface area contributed by atoms with Crippen LogP contribution in [0.5, 0.6) is 5.75 Å². The monoisotopic (exact) mass is 645 g/mol. The standard InChI is InChI=1S/C35H39N3O5S2/c1-5-43-33-14-10-9-13-31(33)38(45(41,42)30-21-19-29(44-4)20-22-30)25-34(39)37(24-28-17-15-26(2)16-18-28)32(35(40)36-3)23-27-11-7-6-8-12-27/h6-22,32H,5,23-25H2,1-4H3,(H,36,40)/t32-/m0/s1. The van der Waals surface area contributed by atoms with Gasteiger partial charge in [-0.25, -0.2) is 8.42 Å². The van der Waals surface area contributed by atoms with Crippen LogP contribution in [-0.4, -0.2) is 57.6 Å². The maximum absolute atomic E-state index is 14.5. The van der Waals surface area contributed by atoms with Crippen molar-refractivity contribution in [2.45, 2.75) is 42.6 Å². The molecule has 1 atom stereocenters. The quantitative estimate of drug-likeness (QED) is 0.177. The third kappa shape index (κ3) is 8.46. The molecule has 0 aromatic heterocycles. The van der Waals surface area contributed by atoms with E-state index in [2.05, 4.69) is 5.32 Å². The van der Waals surface area contributed by atoms with Gasteiger partial charge in [0, 0.05) is 24.9 Å². The second-order valence-corrected chi connectivity index (χ2v) is 13.2. The highest BCUT2D eigenvalue weighted by atomic mass is 32.2. The van der Waals surface area contributed by atoms with E-state index in [1.54, 1.807) is 36.4 Å². The van der Waals surface area contributed by atoms with Gasteiger partial charge in [-0.1, -0.05) is 72.3 Å². The number of hydrogen-bond acceptors (Lipinski definition) is 6. The smallest absolute Gasteiger partial charge is 0.264 e. The number of aryl methyl sites for hydroxylation is 1. The Kier molecular flexibility index (Phi) is 11.7. The molecule has 0 aliphatic rings. The summed E-state index contributed by atoms with van der Waals surface area (Å²) in [5.41, 5.74) is 2.97. The highest BCUT2D eigenvalue weighted by molar-refractivity contribution is 7.98. The minimum absolute atomic E-state index is 0.0385. The number of carbonyl (C=O) groups excluding carboxylic acids is 2. The van der Waals surface area contributed by atoms with Crippen LogP contribution < -0.4 is 14.4 Å². The number of likely N-dealkylation sites (N-methyl/N-ethyl adjacent to an activating group) is 1. The predicted octanol–water partition coefficient (Wildman–Crippen LogP) is 5.70. The number of sulfonamides is 1. The molecular weight excluding hydrogens is 607 g/mol. The molecule has 4 aromatic carbocycles. The Bertz CT molecular complexity index is 1680. The molecular formula is C35H39N3O5S2. The third-order valence-corrected chi connectivity index (χ3v) is 9.87. The van der Waals surface area contributed by atoms with Crippen LogP contribution in [0.15, 0.2) is 113 Å². The molecule has 45 heavy (non-hydrogen) atoms. The van der Waals surface area contributed by atoms with Crippen molar-refractivity contribution < 1.29 is 22.7 Å². The van der Waals surface area contributed by atoms with Crippen LogP contribution in [0.25, 0.3) is 0 Å². The molecule has 10 heteroatoms. The van der Waals surface area contributed by atoms with Crippen molar-refractivity contribution >= 4 is 39.3 Å². The van der Waals surface area contributed by atoms with Gasteiger partial charge in [0.15, 0.2) is 0 Å². The van der Waals surface area contributed by atoms with E-state index in [4.69, 9.17) is 4.74 Å². The van der Waals surface area contributed by atoms with Gasteiger partial charge < -0.3 is 15.0 Å². The lowest BCUT2D eigenvalue weighted by molar-refractivity contribution is -0.139. The summed E-state index contributed by atoms with van der Waals surface area (Å²) in [5, 5.41) is 2.71. The second kappa shape index (κ2) is 15.6. The first kappa shape index (κ1) is 33.6. The summed E-state index contributed by atoms with van der Waals surface area (Å²) < 4.78 is 35.5. The fraction of sp³-hybridized carbons (Fsp3) is 0.257. The zero-order valence-corrected chi connectivity index (χ0v) is 27.6. The maximum Gasteiger partial charge on any atom is 0.264 e. The van der Waals surface area contributed by atoms with Crippen LogP contribution in [0.1, 0.15) is 23.6 Å². The molecule has 0 bridgehead atoms. The Morgan fingerprint density at radius 1 is 0.867 bits per heavy atom. The molecule has 8 nitrogen and oxygen atoms in total. The van der Waals surface area contributed by atoms with Gasteiger partial charge in [0.25, 0.3) is 10.0 Å². The van der Waals surface area contributed by atoms with Crippen LogP contribution >= 0.6 is 11.8 Å². The van der Waals surface area contributed by atoms with Crippen LogP contribution in [0.2, 0.25) is 0 Å². The number of hydrogen-bond donors (Lipinski definition) is 1. The third-order valence-electron chi connectivity index (χ3n) is 7.35. The molecule has 0 spiro atoms. The number of para-hydroxylation sites is 2. The zero-order valence-electron chi connectivity index (χ0n) is 26.0. The molecule has 0 heterocycles. The van der Waals surface area contributed by atoms with E-state index in [0.29, 0.717) is 12.4 Å². The predicted molar refractivity (Wildman–Crippen MR) is 180 cm³/mol. The van der Waals surface area contributed by atoms with Crippen molar-refractivity contribution in [3.63, 3.8) is 0 Å². The molecule has 0 unspecified atom stereocenters. The average Bonchev–Trinajstić information content (AvgIpc) is 3.06. The topological polar surface area (TPSA) is 96.0 Å². The molecule has 4 rings (SSSR count). The summed E-state index contributed by atoms with van der Waals surface area (Å²) in [5.74, 6) is -0.555. The van der Waals surface area contributed by atoms with E-state index in [9.17, 15) is 18.0 Å². The van der Waals surface area contributed by atoms with Crippen LogP contribution in [0.4, 0.5) is 5.69 Å². The Hall–Kier alpha value is -4.28. The van der Waals surface area contributed by atoms with Crippen LogP contribution in [0, 0.1) is 6.92 Å². The SMILES string of the molecule is CCOc1ccccc1N(CC(=O)N(Cc1ccc(C)cc1)[C@@H](Cc1ccccc1)C(=O)NC)S(=O)(=O)c1ccc(SC)cc1. The van der Waals surface area contributed by atoms with Gasteiger partial charge in [-0.15, -0.1) is 11.8 Å². The Morgan fingerprint density at radius 3 is 2.13 bits per heavy atom. The van der Waals surface area contributed by atoms with Gasteiger partial charge in [-0.2, -0.15) is 0 Å². The Morgan fingerprint density at radius 2 is 1.51 bits per heavy atom. The number of ether oxygens (including phenoxy) is 1. The van der Waals surface area contributed by atoms with Crippen molar-refractivity contribution in [1.29, 1.82) is 0 Å². The summed E-state index contributed by atoms with van der Waals surface area (Å²) in [6.45, 7) is 3.64. The summed E-state index contributed by atoms with van der Waals surface area (Å²) >= 11 is 1.50. The number of carbonyl (C=O) groups is 2. The summed E-state index contributed by atoms with van der Waals surface area (Å²) in [4.78, 5) is 30.3. The molecule has 0 aliphatic heterocycles. The lowest BCUT2D eigenvalue weighted by Gasteiger charge is -2.34. The van der Waals surface area contributed by atoms with E-state index >= 15 is 0 Å². The first-order valence-electron chi connectivity index (χ1n) is 14.7. The van der Waals surface area contributed by atoms with E-state index in [1.165, 1.54) is 35.8 Å². The van der Waals surface area contributed by atoms with Crippen molar-refractivity contribution in [3.8, 4) is 5.75 Å². The first-order valence-corrected chi connectivity index (χ1v) is 17.3. The number of thioether (sulfide) groups is 1. The summed E-state index contributed by atoms with van der Waals surface area (Å²) in [6.07, 6.45) is 2.16. The molecule has 1 N–H and O–H groups in total. The van der Waals surface area contributed by atoms with Crippen molar-refractivity contribution in [2.24, 2.45) is 0 Å². The van der Waals surface area contributed by atoms with Crippen LogP contribution in [-0.2, 0) is 32.6 Å². The molecule has 0 saturated carbocycles.